The number of rotatable bonds is 0. The number of anilines is 1. The highest BCUT2D eigenvalue weighted by atomic mass is 32.1. The Morgan fingerprint density at radius 3 is 2.74 bits per heavy atom. The number of hydrogen-bond acceptors (Lipinski definition) is 4. The van der Waals surface area contributed by atoms with Crippen LogP contribution in [0.25, 0.3) is 32.5 Å². The average molecular weight is 267 g/mol. The van der Waals surface area contributed by atoms with Gasteiger partial charge in [-0.05, 0) is 11.5 Å². The predicted molar refractivity (Wildman–Crippen MR) is 79.8 cm³/mol. The third-order valence-electron chi connectivity index (χ3n) is 3.39. The molecule has 0 saturated carbocycles. The highest BCUT2D eigenvalue weighted by Crippen LogP contribution is 2.34. The molecular weight excluding hydrogens is 258 g/mol. The third-order valence-corrected chi connectivity index (χ3v) is 4.20. The fraction of sp³-hybridized carbons (Fsp3) is 0. The van der Waals surface area contributed by atoms with Gasteiger partial charge in [-0.2, -0.15) is 0 Å². The van der Waals surface area contributed by atoms with Crippen molar-refractivity contribution in [2.24, 2.45) is 0 Å². The first-order valence-electron chi connectivity index (χ1n) is 5.87. The minimum absolute atomic E-state index is 0.363. The van der Waals surface area contributed by atoms with Crippen LogP contribution in [0.3, 0.4) is 0 Å². The van der Waals surface area contributed by atoms with E-state index in [1.165, 1.54) is 11.3 Å². The normalized spacial score (nSPS) is 11.6. The number of thiophene rings is 1. The Hall–Kier alpha value is -2.33. The smallest absolute Gasteiger partial charge is 0.347 e. The monoisotopic (exact) mass is 267 g/mol. The molecule has 0 unspecified atom stereocenters. The second-order valence-electron chi connectivity index (χ2n) is 4.44. The molecule has 2 heterocycles. The summed E-state index contributed by atoms with van der Waals surface area (Å²) in [5.74, 6) is 0. The van der Waals surface area contributed by atoms with Gasteiger partial charge in [0.25, 0.3) is 0 Å². The van der Waals surface area contributed by atoms with E-state index in [0.717, 1.165) is 21.5 Å². The van der Waals surface area contributed by atoms with Gasteiger partial charge >= 0.3 is 5.63 Å². The molecule has 4 aromatic rings. The highest BCUT2D eigenvalue weighted by molar-refractivity contribution is 7.16. The fourth-order valence-corrected chi connectivity index (χ4v) is 3.29. The first-order chi connectivity index (χ1) is 9.25. The summed E-state index contributed by atoms with van der Waals surface area (Å²) in [5, 5.41) is 6.73. The van der Waals surface area contributed by atoms with E-state index >= 15 is 0 Å². The zero-order chi connectivity index (χ0) is 13.0. The molecule has 0 aliphatic heterocycles. The topological polar surface area (TPSA) is 56.2 Å². The number of hydrogen-bond donors (Lipinski definition) is 1. The largest absolute Gasteiger partial charge is 0.422 e. The summed E-state index contributed by atoms with van der Waals surface area (Å²) < 4.78 is 5.50. The molecule has 0 aliphatic carbocycles. The molecule has 0 saturated heterocycles. The van der Waals surface area contributed by atoms with Crippen molar-refractivity contribution in [3.63, 3.8) is 0 Å². The van der Waals surface area contributed by atoms with Gasteiger partial charge < -0.3 is 10.2 Å². The van der Waals surface area contributed by atoms with E-state index in [2.05, 4.69) is 0 Å². The lowest BCUT2D eigenvalue weighted by atomic mass is 10.0. The van der Waals surface area contributed by atoms with Crippen molar-refractivity contribution in [2.75, 3.05) is 5.73 Å². The van der Waals surface area contributed by atoms with E-state index in [4.69, 9.17) is 10.2 Å². The molecule has 0 bridgehead atoms. The number of benzene rings is 2. The minimum Gasteiger partial charge on any atom is -0.422 e. The molecule has 2 N–H and O–H groups in total. The van der Waals surface area contributed by atoms with Crippen molar-refractivity contribution < 1.29 is 4.42 Å². The molecule has 92 valence electrons. The average Bonchev–Trinajstić information content (AvgIpc) is 2.82. The summed E-state index contributed by atoms with van der Waals surface area (Å²) in [4.78, 5) is 12.1. The zero-order valence-corrected chi connectivity index (χ0v) is 10.7. The van der Waals surface area contributed by atoms with Gasteiger partial charge in [-0.1, -0.05) is 30.3 Å². The standard InChI is InChI=1S/C15H9NO2S/c16-14-12-11(7-19-14)10-6-5-8-3-1-2-4-9(8)13(10)18-15(12)17/h1-7H,16H2. The van der Waals surface area contributed by atoms with Crippen molar-refractivity contribution in [3.05, 3.63) is 52.2 Å². The molecule has 4 rings (SSSR count). The van der Waals surface area contributed by atoms with E-state index in [0.29, 0.717) is 16.0 Å². The zero-order valence-electron chi connectivity index (χ0n) is 9.84. The van der Waals surface area contributed by atoms with Crippen LogP contribution in [0.2, 0.25) is 0 Å². The van der Waals surface area contributed by atoms with Crippen molar-refractivity contribution >= 4 is 48.9 Å². The van der Waals surface area contributed by atoms with Crippen LogP contribution < -0.4 is 11.4 Å². The molecule has 0 amide bonds. The van der Waals surface area contributed by atoms with Crippen LogP contribution in [-0.2, 0) is 0 Å². The minimum atomic E-state index is -0.363. The van der Waals surface area contributed by atoms with Crippen LogP contribution in [-0.4, -0.2) is 0 Å². The molecule has 2 aromatic heterocycles. The van der Waals surface area contributed by atoms with Crippen LogP contribution in [0.1, 0.15) is 0 Å². The molecule has 0 fully saturated rings. The van der Waals surface area contributed by atoms with Crippen molar-refractivity contribution in [1.29, 1.82) is 0 Å². The lowest BCUT2D eigenvalue weighted by Gasteiger charge is -2.03. The van der Waals surface area contributed by atoms with E-state index < -0.39 is 0 Å². The Balaban J connectivity index is 2.37. The summed E-state index contributed by atoms with van der Waals surface area (Å²) in [6.07, 6.45) is 0. The van der Waals surface area contributed by atoms with E-state index in [1.54, 1.807) is 0 Å². The van der Waals surface area contributed by atoms with Gasteiger partial charge in [0.1, 0.15) is 16.0 Å². The molecule has 2 aromatic carbocycles. The van der Waals surface area contributed by atoms with Gasteiger partial charge in [0.2, 0.25) is 0 Å². The number of nitrogens with two attached hydrogens (primary N) is 1. The van der Waals surface area contributed by atoms with Crippen LogP contribution in [0, 0.1) is 0 Å². The predicted octanol–water partition coefficient (Wildman–Crippen LogP) is 3.74. The maximum Gasteiger partial charge on any atom is 0.347 e. The molecule has 4 heteroatoms. The number of fused-ring (bicyclic) bond motifs is 5. The van der Waals surface area contributed by atoms with Gasteiger partial charge in [0.15, 0.2) is 0 Å². The van der Waals surface area contributed by atoms with Crippen molar-refractivity contribution in [3.8, 4) is 0 Å². The first-order valence-corrected chi connectivity index (χ1v) is 6.75. The fourth-order valence-electron chi connectivity index (χ4n) is 2.49. The maximum absolute atomic E-state index is 12.1. The van der Waals surface area contributed by atoms with Gasteiger partial charge in [-0.25, -0.2) is 4.79 Å². The van der Waals surface area contributed by atoms with E-state index in [-0.39, 0.29) is 5.63 Å². The second-order valence-corrected chi connectivity index (χ2v) is 5.35. The Morgan fingerprint density at radius 2 is 1.84 bits per heavy atom. The molecule has 0 aliphatic rings. The van der Waals surface area contributed by atoms with Crippen molar-refractivity contribution in [1.82, 2.24) is 0 Å². The maximum atomic E-state index is 12.1. The molecule has 0 spiro atoms. The molecule has 3 nitrogen and oxygen atoms in total. The summed E-state index contributed by atoms with van der Waals surface area (Å²) in [5.41, 5.74) is 6.11. The van der Waals surface area contributed by atoms with Crippen LogP contribution >= 0.6 is 11.3 Å². The number of nitrogen functional groups attached to an aromatic ring is 1. The van der Waals surface area contributed by atoms with Crippen LogP contribution in [0.5, 0.6) is 0 Å². The Labute approximate surface area is 111 Å². The lowest BCUT2D eigenvalue weighted by Crippen LogP contribution is -2.00. The highest BCUT2D eigenvalue weighted by Gasteiger charge is 2.13. The Bertz CT molecular complexity index is 997. The Kier molecular flexibility index (Phi) is 2.00. The van der Waals surface area contributed by atoms with Gasteiger partial charge in [0.05, 0.1) is 0 Å². The quantitative estimate of drug-likeness (QED) is 0.390. The lowest BCUT2D eigenvalue weighted by molar-refractivity contribution is 0.573. The van der Waals surface area contributed by atoms with Crippen LogP contribution in [0.15, 0.2) is 51.0 Å². The van der Waals surface area contributed by atoms with E-state index in [9.17, 15) is 4.79 Å². The van der Waals surface area contributed by atoms with Crippen molar-refractivity contribution in [2.45, 2.75) is 0 Å². The van der Waals surface area contributed by atoms with Gasteiger partial charge in [0, 0.05) is 21.5 Å². The summed E-state index contributed by atoms with van der Waals surface area (Å²) in [7, 11) is 0. The third kappa shape index (κ3) is 1.34. The molecule has 0 atom stereocenters. The summed E-state index contributed by atoms with van der Waals surface area (Å²) in [6, 6.07) is 11.9. The second kappa shape index (κ2) is 3.59. The molecular formula is C15H9NO2S. The molecule has 0 radical (unpaired) electrons. The Morgan fingerprint density at radius 1 is 1.00 bits per heavy atom. The summed E-state index contributed by atoms with van der Waals surface area (Å²) >= 11 is 1.37. The SMILES string of the molecule is Nc1scc2c1c(=O)oc1c3ccccc3ccc21. The van der Waals surface area contributed by atoms with Crippen LogP contribution in [0.4, 0.5) is 5.00 Å². The van der Waals surface area contributed by atoms with E-state index in [1.807, 2.05) is 41.8 Å². The first kappa shape index (κ1) is 10.6. The summed E-state index contributed by atoms with van der Waals surface area (Å²) in [6.45, 7) is 0. The van der Waals surface area contributed by atoms with Gasteiger partial charge in [-0.3, -0.25) is 0 Å². The van der Waals surface area contributed by atoms with Gasteiger partial charge in [-0.15, -0.1) is 11.3 Å². The molecule has 19 heavy (non-hydrogen) atoms.